The highest BCUT2D eigenvalue weighted by Crippen LogP contribution is 2.17. The molecule has 0 spiro atoms. The van der Waals surface area contributed by atoms with Gasteiger partial charge in [0, 0.05) is 32.7 Å². The third kappa shape index (κ3) is 7.39. The summed E-state index contributed by atoms with van der Waals surface area (Å²) in [5.74, 6) is 1.11. The van der Waals surface area contributed by atoms with Gasteiger partial charge in [-0.3, -0.25) is 14.6 Å². The van der Waals surface area contributed by atoms with Crippen LogP contribution < -0.4 is 10.1 Å². The molecule has 2 heterocycles. The van der Waals surface area contributed by atoms with Crippen molar-refractivity contribution >= 4 is 5.91 Å². The van der Waals surface area contributed by atoms with E-state index in [-0.39, 0.29) is 17.6 Å². The predicted octanol–water partition coefficient (Wildman–Crippen LogP) is 3.51. The second-order valence-corrected chi connectivity index (χ2v) is 8.75. The summed E-state index contributed by atoms with van der Waals surface area (Å²) in [7, 11) is 1.67. The van der Waals surface area contributed by atoms with Crippen LogP contribution in [0.25, 0.3) is 0 Å². The zero-order valence-electron chi connectivity index (χ0n) is 20.5. The Bertz CT molecular complexity index is 1070. The van der Waals surface area contributed by atoms with Crippen LogP contribution in [0.15, 0.2) is 65.3 Å². The van der Waals surface area contributed by atoms with Crippen molar-refractivity contribution < 1.29 is 18.7 Å². The number of carbonyl (C=O) groups is 1. The van der Waals surface area contributed by atoms with Crippen LogP contribution >= 0.6 is 0 Å². The summed E-state index contributed by atoms with van der Waals surface area (Å²) in [5.41, 5.74) is 2.47. The number of oxazole rings is 1. The molecular weight excluding hydrogens is 444 g/mol. The minimum Gasteiger partial charge on any atom is -0.497 e. The fraction of sp³-hybridized carbons (Fsp3) is 0.407. The lowest BCUT2D eigenvalue weighted by atomic mass is 10.1. The van der Waals surface area contributed by atoms with Gasteiger partial charge in [-0.15, -0.1) is 0 Å². The number of carbonyl (C=O) groups excluding carboxylic acids is 1. The lowest BCUT2D eigenvalue weighted by molar-refractivity contribution is 0.0320. The monoisotopic (exact) mass is 478 g/mol. The molecule has 0 saturated carbocycles. The molecule has 4 rings (SSSR count). The molecule has 8 nitrogen and oxygen atoms in total. The lowest BCUT2D eigenvalue weighted by Gasteiger charge is -2.29. The number of ether oxygens (including phenoxy) is 2. The number of nitrogens with zero attached hydrogens (tertiary/aromatic N) is 3. The smallest absolute Gasteiger partial charge is 0.273 e. The summed E-state index contributed by atoms with van der Waals surface area (Å²) in [5, 5.41) is 2.99. The van der Waals surface area contributed by atoms with E-state index in [1.54, 1.807) is 7.11 Å². The molecule has 35 heavy (non-hydrogen) atoms. The molecule has 0 aliphatic carbocycles. The predicted molar refractivity (Wildman–Crippen MR) is 133 cm³/mol. The Morgan fingerprint density at radius 2 is 1.94 bits per heavy atom. The second kappa shape index (κ2) is 12.5. The Kier molecular flexibility index (Phi) is 8.89. The molecule has 8 heteroatoms. The summed E-state index contributed by atoms with van der Waals surface area (Å²) in [6, 6.07) is 17.8. The Labute approximate surface area is 206 Å². The van der Waals surface area contributed by atoms with E-state index in [0.717, 1.165) is 62.8 Å². The first kappa shape index (κ1) is 24.9. The molecule has 0 bridgehead atoms. The van der Waals surface area contributed by atoms with E-state index in [2.05, 4.69) is 26.2 Å². The maximum Gasteiger partial charge on any atom is 0.273 e. The summed E-state index contributed by atoms with van der Waals surface area (Å²) in [4.78, 5) is 21.9. The van der Waals surface area contributed by atoms with Gasteiger partial charge in [0.15, 0.2) is 5.69 Å². The van der Waals surface area contributed by atoms with E-state index in [1.165, 1.54) is 6.26 Å². The number of nitrogens with one attached hydrogen (secondary N) is 1. The summed E-state index contributed by atoms with van der Waals surface area (Å²) in [6.07, 6.45) is 1.44. The van der Waals surface area contributed by atoms with Gasteiger partial charge in [-0.1, -0.05) is 42.5 Å². The van der Waals surface area contributed by atoms with E-state index in [0.29, 0.717) is 12.4 Å². The number of amides is 1. The Morgan fingerprint density at radius 3 is 2.71 bits per heavy atom. The number of morpholine rings is 1. The van der Waals surface area contributed by atoms with E-state index < -0.39 is 0 Å². The minimum absolute atomic E-state index is 0.123. The standard InChI is InChI=1S/C27H34N4O4/c1-21(23-8-4-3-5-9-23)28-27(32)25-20-35-26(29-25)19-31(12-11-30-13-15-34-16-14-30)18-22-7-6-10-24(17-22)33-2/h3-10,17,20-21H,11-16,18-19H2,1-2H3,(H,28,32)/t21-/m0/s1. The molecule has 0 radical (unpaired) electrons. The van der Waals surface area contributed by atoms with Crippen molar-refractivity contribution in [2.45, 2.75) is 26.1 Å². The number of hydrogen-bond donors (Lipinski definition) is 1. The molecule has 186 valence electrons. The van der Waals surface area contributed by atoms with Crippen LogP contribution in [0.4, 0.5) is 0 Å². The normalized spacial score (nSPS) is 15.2. The first-order chi connectivity index (χ1) is 17.1. The number of hydrogen-bond acceptors (Lipinski definition) is 7. The first-order valence-electron chi connectivity index (χ1n) is 12.1. The minimum atomic E-state index is -0.246. The largest absolute Gasteiger partial charge is 0.497 e. The van der Waals surface area contributed by atoms with Crippen LogP contribution in [-0.4, -0.2) is 67.2 Å². The van der Waals surface area contributed by atoms with Gasteiger partial charge in [0.25, 0.3) is 5.91 Å². The van der Waals surface area contributed by atoms with E-state index in [4.69, 9.17) is 13.9 Å². The first-order valence-corrected chi connectivity index (χ1v) is 12.1. The molecule has 3 aromatic rings. The van der Waals surface area contributed by atoms with Gasteiger partial charge in [0.2, 0.25) is 5.89 Å². The maximum atomic E-state index is 12.7. The van der Waals surface area contributed by atoms with Gasteiger partial charge in [0.1, 0.15) is 12.0 Å². The zero-order chi connectivity index (χ0) is 24.5. The molecule has 1 saturated heterocycles. The molecule has 1 amide bonds. The van der Waals surface area contributed by atoms with E-state index in [1.807, 2.05) is 55.5 Å². The Morgan fingerprint density at radius 1 is 1.14 bits per heavy atom. The van der Waals surface area contributed by atoms with E-state index in [9.17, 15) is 4.79 Å². The van der Waals surface area contributed by atoms with Crippen LogP contribution in [0.1, 0.15) is 40.5 Å². The maximum absolute atomic E-state index is 12.7. The highest BCUT2D eigenvalue weighted by atomic mass is 16.5. The van der Waals surface area contributed by atoms with Crippen LogP contribution in [0.3, 0.4) is 0 Å². The molecular formula is C27H34N4O4. The van der Waals surface area contributed by atoms with Crippen molar-refractivity contribution in [2.24, 2.45) is 0 Å². The average molecular weight is 479 g/mol. The van der Waals surface area contributed by atoms with Gasteiger partial charge in [-0.2, -0.15) is 0 Å². The molecule has 0 unspecified atom stereocenters. The number of methoxy groups -OCH3 is 1. The quantitative estimate of drug-likeness (QED) is 0.452. The fourth-order valence-electron chi connectivity index (χ4n) is 4.13. The van der Waals surface area contributed by atoms with Crippen molar-refractivity contribution in [1.82, 2.24) is 20.1 Å². The molecule has 1 aliphatic heterocycles. The third-order valence-electron chi connectivity index (χ3n) is 6.17. The summed E-state index contributed by atoms with van der Waals surface area (Å²) < 4.78 is 16.6. The SMILES string of the molecule is COc1cccc(CN(CCN2CCOCC2)Cc2nc(C(=O)N[C@@H](C)c3ccccc3)co2)c1. The van der Waals surface area contributed by atoms with Crippen LogP contribution in [0.5, 0.6) is 5.75 Å². The van der Waals surface area contributed by atoms with Gasteiger partial charge in [-0.05, 0) is 30.2 Å². The van der Waals surface area contributed by atoms with Gasteiger partial charge >= 0.3 is 0 Å². The molecule has 1 fully saturated rings. The Balaban J connectivity index is 1.40. The van der Waals surface area contributed by atoms with Crippen molar-refractivity contribution in [3.05, 3.63) is 83.6 Å². The van der Waals surface area contributed by atoms with Crippen molar-refractivity contribution in [3.63, 3.8) is 0 Å². The van der Waals surface area contributed by atoms with Gasteiger partial charge in [-0.25, -0.2) is 4.98 Å². The van der Waals surface area contributed by atoms with Gasteiger partial charge in [0.05, 0.1) is 32.9 Å². The molecule has 1 atom stereocenters. The van der Waals surface area contributed by atoms with Crippen LogP contribution in [-0.2, 0) is 17.8 Å². The zero-order valence-corrected chi connectivity index (χ0v) is 20.5. The number of rotatable bonds is 11. The topological polar surface area (TPSA) is 80.1 Å². The highest BCUT2D eigenvalue weighted by Gasteiger charge is 2.19. The van der Waals surface area contributed by atoms with E-state index >= 15 is 0 Å². The highest BCUT2D eigenvalue weighted by molar-refractivity contribution is 5.92. The molecule has 1 aromatic heterocycles. The third-order valence-corrected chi connectivity index (χ3v) is 6.17. The summed E-state index contributed by atoms with van der Waals surface area (Å²) in [6.45, 7) is 8.37. The number of benzene rings is 2. The molecule has 1 aliphatic rings. The van der Waals surface area contributed by atoms with Crippen LogP contribution in [0, 0.1) is 0 Å². The summed E-state index contributed by atoms with van der Waals surface area (Å²) >= 11 is 0. The van der Waals surface area contributed by atoms with Crippen LogP contribution in [0.2, 0.25) is 0 Å². The van der Waals surface area contributed by atoms with Crippen molar-refractivity contribution in [2.75, 3.05) is 46.5 Å². The van der Waals surface area contributed by atoms with Crippen molar-refractivity contribution in [1.29, 1.82) is 0 Å². The Hall–Kier alpha value is -3.20. The number of aromatic nitrogens is 1. The van der Waals surface area contributed by atoms with Crippen molar-refractivity contribution in [3.8, 4) is 5.75 Å². The molecule has 1 N–H and O–H groups in total. The fourth-order valence-corrected chi connectivity index (χ4v) is 4.13. The molecule has 2 aromatic carbocycles. The van der Waals surface area contributed by atoms with Gasteiger partial charge < -0.3 is 19.2 Å². The average Bonchev–Trinajstić information content (AvgIpc) is 3.37. The second-order valence-electron chi connectivity index (χ2n) is 8.75. The lowest BCUT2D eigenvalue weighted by Crippen LogP contribution is -2.41.